The molecule has 0 fully saturated rings. The van der Waals surface area contributed by atoms with Gasteiger partial charge in [0.1, 0.15) is 6.54 Å². The normalized spacial score (nSPS) is 10.9. The zero-order valence-electron chi connectivity index (χ0n) is 17.3. The van der Waals surface area contributed by atoms with Gasteiger partial charge in [-0.3, -0.25) is 18.7 Å². The quantitative estimate of drug-likeness (QED) is 0.488. The lowest BCUT2D eigenvalue weighted by atomic mass is 10.1. The van der Waals surface area contributed by atoms with Crippen molar-refractivity contribution in [3.63, 3.8) is 0 Å². The average molecular weight is 450 g/mol. The zero-order valence-corrected chi connectivity index (χ0v) is 18.0. The van der Waals surface area contributed by atoms with Gasteiger partial charge < -0.3 is 5.32 Å². The molecule has 0 unspecified atom stereocenters. The Kier molecular flexibility index (Phi) is 6.13. The number of nitrogens with one attached hydrogen (secondary N) is 1. The zero-order chi connectivity index (χ0) is 22.7. The summed E-state index contributed by atoms with van der Waals surface area (Å²) in [7, 11) is 0. The third kappa shape index (κ3) is 4.45. The summed E-state index contributed by atoms with van der Waals surface area (Å²) < 4.78 is 2.26. The van der Waals surface area contributed by atoms with Gasteiger partial charge in [0.05, 0.1) is 0 Å². The first-order chi connectivity index (χ1) is 15.4. The minimum atomic E-state index is -0.615. The van der Waals surface area contributed by atoms with Gasteiger partial charge in [0.15, 0.2) is 11.2 Å². The minimum absolute atomic E-state index is 0.0337. The summed E-state index contributed by atoms with van der Waals surface area (Å²) in [5.74, 6) is -0.452. The molecule has 9 heteroatoms. The van der Waals surface area contributed by atoms with Gasteiger partial charge >= 0.3 is 5.69 Å². The molecule has 2 aromatic heterocycles. The molecule has 0 radical (unpaired) electrons. The van der Waals surface area contributed by atoms with E-state index in [2.05, 4.69) is 15.3 Å². The predicted molar refractivity (Wildman–Crippen MR) is 123 cm³/mol. The van der Waals surface area contributed by atoms with Crippen LogP contribution in [0.3, 0.4) is 0 Å². The number of amides is 1. The summed E-state index contributed by atoms with van der Waals surface area (Å²) in [6.07, 6.45) is 3.24. The molecule has 2 aromatic carbocycles. The topological polar surface area (TPSA) is 98.9 Å². The van der Waals surface area contributed by atoms with Crippen molar-refractivity contribution in [1.29, 1.82) is 0 Å². The Morgan fingerprint density at radius 1 is 1.03 bits per heavy atom. The molecule has 162 valence electrons. The first-order valence-corrected chi connectivity index (χ1v) is 10.4. The van der Waals surface area contributed by atoms with Crippen LogP contribution < -0.4 is 16.6 Å². The van der Waals surface area contributed by atoms with Gasteiger partial charge in [0.25, 0.3) is 5.56 Å². The summed E-state index contributed by atoms with van der Waals surface area (Å²) in [6, 6.07) is 14.7. The van der Waals surface area contributed by atoms with Crippen LogP contribution in [0.5, 0.6) is 0 Å². The molecule has 0 atom stereocenters. The second-order valence-corrected chi connectivity index (χ2v) is 7.71. The number of aryl methyl sites for hydroxylation is 2. The van der Waals surface area contributed by atoms with Crippen LogP contribution in [-0.4, -0.2) is 25.0 Å². The molecule has 4 aromatic rings. The van der Waals surface area contributed by atoms with Crippen molar-refractivity contribution in [3.8, 4) is 0 Å². The Hall–Kier alpha value is -3.78. The number of fused-ring (bicyclic) bond motifs is 1. The van der Waals surface area contributed by atoms with Crippen molar-refractivity contribution in [2.75, 3.05) is 5.32 Å². The number of anilines is 1. The summed E-state index contributed by atoms with van der Waals surface area (Å²) in [6.45, 7) is 1.69. The number of hydrogen-bond donors (Lipinski definition) is 1. The smallest absolute Gasteiger partial charge is 0.324 e. The number of carbonyl (C=O) groups is 1. The second-order valence-electron chi connectivity index (χ2n) is 7.30. The maximum atomic E-state index is 13.2. The molecular formula is C23H20ClN5O3. The fourth-order valence-corrected chi connectivity index (χ4v) is 3.55. The highest BCUT2D eigenvalue weighted by Crippen LogP contribution is 2.20. The Labute approximate surface area is 188 Å². The van der Waals surface area contributed by atoms with Crippen molar-refractivity contribution in [3.05, 3.63) is 97.9 Å². The highest BCUT2D eigenvalue weighted by Gasteiger charge is 2.17. The van der Waals surface area contributed by atoms with Crippen LogP contribution in [0.4, 0.5) is 5.69 Å². The van der Waals surface area contributed by atoms with Crippen LogP contribution in [0.2, 0.25) is 5.02 Å². The Morgan fingerprint density at radius 2 is 1.78 bits per heavy atom. The molecule has 2 heterocycles. The molecule has 4 rings (SSSR count). The maximum Gasteiger partial charge on any atom is 0.333 e. The molecule has 0 bridgehead atoms. The van der Waals surface area contributed by atoms with E-state index in [1.54, 1.807) is 18.2 Å². The maximum absolute atomic E-state index is 13.2. The minimum Gasteiger partial charge on any atom is -0.324 e. The van der Waals surface area contributed by atoms with E-state index in [1.807, 2.05) is 37.3 Å². The number of carbonyl (C=O) groups excluding carboxylic acids is 1. The number of halogens is 1. The van der Waals surface area contributed by atoms with Crippen molar-refractivity contribution in [2.24, 2.45) is 0 Å². The standard InChI is InChI=1S/C23H20ClN5O3/c1-15-7-8-17(13-18(15)24)27-19(30)14-29-21-20(25-10-11-26-21)22(31)28(23(29)32)12-9-16-5-3-2-4-6-16/h2-8,10-11,13H,9,12,14H2,1H3,(H,27,30). The lowest BCUT2D eigenvalue weighted by molar-refractivity contribution is -0.116. The van der Waals surface area contributed by atoms with Gasteiger partial charge in [-0.15, -0.1) is 0 Å². The third-order valence-corrected chi connectivity index (χ3v) is 5.48. The van der Waals surface area contributed by atoms with E-state index in [0.717, 1.165) is 15.7 Å². The third-order valence-electron chi connectivity index (χ3n) is 5.07. The molecule has 8 nitrogen and oxygen atoms in total. The fraction of sp³-hybridized carbons (Fsp3) is 0.174. The molecule has 0 aliphatic rings. The predicted octanol–water partition coefficient (Wildman–Crippen LogP) is 2.80. The van der Waals surface area contributed by atoms with E-state index >= 15 is 0 Å². The first kappa shape index (κ1) is 21.5. The van der Waals surface area contributed by atoms with E-state index in [-0.39, 0.29) is 24.3 Å². The molecule has 32 heavy (non-hydrogen) atoms. The molecule has 0 saturated carbocycles. The molecule has 0 aliphatic carbocycles. The van der Waals surface area contributed by atoms with E-state index in [4.69, 9.17) is 11.6 Å². The summed E-state index contributed by atoms with van der Waals surface area (Å²) in [4.78, 5) is 47.0. The molecule has 0 spiro atoms. The van der Waals surface area contributed by atoms with Crippen LogP contribution in [0.1, 0.15) is 11.1 Å². The molecule has 0 aliphatic heterocycles. The SMILES string of the molecule is Cc1ccc(NC(=O)Cn2c(=O)n(CCc3ccccc3)c(=O)c3nccnc32)cc1Cl. The van der Waals surface area contributed by atoms with Crippen LogP contribution in [0.15, 0.2) is 70.5 Å². The Balaban J connectivity index is 1.68. The lowest BCUT2D eigenvalue weighted by Crippen LogP contribution is -2.42. The number of nitrogens with zero attached hydrogens (tertiary/aromatic N) is 4. The average Bonchev–Trinajstić information content (AvgIpc) is 2.80. The van der Waals surface area contributed by atoms with Gasteiger partial charge in [0.2, 0.25) is 5.91 Å². The van der Waals surface area contributed by atoms with Crippen molar-refractivity contribution < 1.29 is 4.79 Å². The van der Waals surface area contributed by atoms with Crippen LogP contribution in [0, 0.1) is 6.92 Å². The van der Waals surface area contributed by atoms with Gasteiger partial charge in [-0.25, -0.2) is 14.8 Å². The molecule has 1 amide bonds. The molecule has 0 saturated heterocycles. The van der Waals surface area contributed by atoms with Crippen LogP contribution in [0.25, 0.3) is 11.2 Å². The number of hydrogen-bond acceptors (Lipinski definition) is 5. The van der Waals surface area contributed by atoms with E-state index in [0.29, 0.717) is 17.1 Å². The summed E-state index contributed by atoms with van der Waals surface area (Å²) in [5.41, 5.74) is 1.33. The first-order valence-electron chi connectivity index (χ1n) is 9.98. The number of benzene rings is 2. The highest BCUT2D eigenvalue weighted by molar-refractivity contribution is 6.31. The largest absolute Gasteiger partial charge is 0.333 e. The monoisotopic (exact) mass is 449 g/mol. The van der Waals surface area contributed by atoms with Crippen molar-refractivity contribution >= 4 is 34.4 Å². The highest BCUT2D eigenvalue weighted by atomic mass is 35.5. The van der Waals surface area contributed by atoms with Gasteiger partial charge in [-0.1, -0.05) is 48.0 Å². The van der Waals surface area contributed by atoms with Gasteiger partial charge in [0, 0.05) is 29.6 Å². The van der Waals surface area contributed by atoms with E-state index < -0.39 is 17.2 Å². The number of aromatic nitrogens is 4. The Morgan fingerprint density at radius 3 is 2.53 bits per heavy atom. The van der Waals surface area contributed by atoms with Crippen LogP contribution >= 0.6 is 11.6 Å². The fourth-order valence-electron chi connectivity index (χ4n) is 3.37. The molecule has 1 N–H and O–H groups in total. The summed E-state index contributed by atoms with van der Waals surface area (Å²) in [5, 5.41) is 3.24. The van der Waals surface area contributed by atoms with Crippen molar-refractivity contribution in [1.82, 2.24) is 19.1 Å². The van der Waals surface area contributed by atoms with Gasteiger partial charge in [-0.05, 0) is 36.6 Å². The van der Waals surface area contributed by atoms with E-state index in [1.165, 1.54) is 17.0 Å². The lowest BCUT2D eigenvalue weighted by Gasteiger charge is -2.13. The van der Waals surface area contributed by atoms with Gasteiger partial charge in [-0.2, -0.15) is 0 Å². The second kappa shape index (κ2) is 9.15. The number of rotatable bonds is 6. The van der Waals surface area contributed by atoms with Crippen LogP contribution in [-0.2, 0) is 24.3 Å². The van der Waals surface area contributed by atoms with E-state index in [9.17, 15) is 14.4 Å². The summed E-state index contributed by atoms with van der Waals surface area (Å²) >= 11 is 6.12. The molecular weight excluding hydrogens is 430 g/mol. The Bertz CT molecular complexity index is 1410. The van der Waals surface area contributed by atoms with Crippen molar-refractivity contribution in [2.45, 2.75) is 26.4 Å².